The van der Waals surface area contributed by atoms with Crippen LogP contribution in [0.2, 0.25) is 0 Å². The van der Waals surface area contributed by atoms with E-state index in [-0.39, 0.29) is 23.1 Å². The largest absolute Gasteiger partial charge is 0.545 e. The van der Waals surface area contributed by atoms with E-state index in [1.807, 2.05) is 0 Å². The van der Waals surface area contributed by atoms with Gasteiger partial charge in [0.05, 0.1) is 24.9 Å². The molecule has 1 amide bonds. The zero-order valence-corrected chi connectivity index (χ0v) is 12.2. The number of carbonyl (C=O) groups is 2. The Morgan fingerprint density at radius 1 is 1.05 bits per heavy atom. The quantitative estimate of drug-likeness (QED) is 0.910. The lowest BCUT2D eigenvalue weighted by atomic mass is 10.1. The molecule has 6 nitrogen and oxygen atoms in total. The highest BCUT2D eigenvalue weighted by molar-refractivity contribution is 6.01. The van der Waals surface area contributed by atoms with Gasteiger partial charge in [0.25, 0.3) is 0 Å². The van der Waals surface area contributed by atoms with E-state index in [4.69, 9.17) is 9.47 Å². The summed E-state index contributed by atoms with van der Waals surface area (Å²) in [5, 5.41) is 14.0. The number of fused-ring (bicyclic) bond motifs is 1. The Hall–Kier alpha value is -2.24. The number of hydrogen-bond acceptors (Lipinski definition) is 5. The van der Waals surface area contributed by atoms with Gasteiger partial charge in [-0.25, -0.2) is 0 Å². The topological polar surface area (TPSA) is 87.7 Å². The fraction of sp³-hybridized carbons (Fsp3) is 0.500. The maximum Gasteiger partial charge on any atom is 0.227 e. The minimum atomic E-state index is -1.35. The van der Waals surface area contributed by atoms with Crippen LogP contribution in [0.25, 0.3) is 0 Å². The second kappa shape index (κ2) is 6.25. The molecule has 1 aliphatic heterocycles. The zero-order chi connectivity index (χ0) is 15.5. The van der Waals surface area contributed by atoms with Gasteiger partial charge >= 0.3 is 0 Å². The Labute approximate surface area is 128 Å². The first-order valence-corrected chi connectivity index (χ1v) is 7.61. The third kappa shape index (κ3) is 3.00. The molecule has 118 valence electrons. The summed E-state index contributed by atoms with van der Waals surface area (Å²) in [5.41, 5.74) is 0.122. The molecule has 1 aliphatic carbocycles. The van der Waals surface area contributed by atoms with Gasteiger partial charge in [0.1, 0.15) is 0 Å². The van der Waals surface area contributed by atoms with Crippen molar-refractivity contribution >= 4 is 17.6 Å². The summed E-state index contributed by atoms with van der Waals surface area (Å²) in [4.78, 5) is 23.6. The molecule has 22 heavy (non-hydrogen) atoms. The molecule has 1 saturated carbocycles. The van der Waals surface area contributed by atoms with Crippen molar-refractivity contribution in [3.63, 3.8) is 0 Å². The predicted molar refractivity (Wildman–Crippen MR) is 77.0 cm³/mol. The number of carboxylic acid groups (broad SMARTS) is 1. The zero-order valence-electron chi connectivity index (χ0n) is 12.2. The van der Waals surface area contributed by atoms with E-state index in [2.05, 4.69) is 5.32 Å². The number of hydrogen-bond donors (Lipinski definition) is 1. The summed E-state index contributed by atoms with van der Waals surface area (Å²) in [6, 6.07) is 2.87. The van der Waals surface area contributed by atoms with Crippen LogP contribution in [0.4, 0.5) is 5.69 Å². The summed E-state index contributed by atoms with van der Waals surface area (Å²) in [5.74, 6) is -0.725. The van der Waals surface area contributed by atoms with Crippen molar-refractivity contribution in [3.05, 3.63) is 17.7 Å². The second-order valence-electron chi connectivity index (χ2n) is 5.65. The average molecular weight is 304 g/mol. The van der Waals surface area contributed by atoms with Crippen LogP contribution in [0.3, 0.4) is 0 Å². The van der Waals surface area contributed by atoms with Crippen molar-refractivity contribution in [2.45, 2.75) is 32.1 Å². The highest BCUT2D eigenvalue weighted by Crippen LogP contribution is 2.36. The van der Waals surface area contributed by atoms with E-state index in [1.54, 1.807) is 0 Å². The number of rotatable bonds is 3. The van der Waals surface area contributed by atoms with Crippen molar-refractivity contribution in [2.24, 2.45) is 5.92 Å². The Kier molecular flexibility index (Phi) is 4.18. The van der Waals surface area contributed by atoms with E-state index < -0.39 is 5.97 Å². The molecule has 1 aromatic rings. The van der Waals surface area contributed by atoms with Crippen LogP contribution >= 0.6 is 0 Å². The SMILES string of the molecule is O=C([O-])c1cc2c(cc1NC(=O)C1CCCC1)OCCCO2. The summed E-state index contributed by atoms with van der Waals surface area (Å²) < 4.78 is 11.0. The maximum absolute atomic E-state index is 12.2. The van der Waals surface area contributed by atoms with E-state index >= 15 is 0 Å². The van der Waals surface area contributed by atoms with Crippen molar-refractivity contribution in [3.8, 4) is 11.5 Å². The normalized spacial score (nSPS) is 17.8. The highest BCUT2D eigenvalue weighted by atomic mass is 16.5. The number of aromatic carboxylic acids is 1. The lowest BCUT2D eigenvalue weighted by Crippen LogP contribution is -2.26. The van der Waals surface area contributed by atoms with Crippen LogP contribution < -0.4 is 19.9 Å². The minimum Gasteiger partial charge on any atom is -0.545 e. The van der Waals surface area contributed by atoms with Crippen molar-refractivity contribution < 1.29 is 24.2 Å². The van der Waals surface area contributed by atoms with E-state index in [9.17, 15) is 14.7 Å². The molecule has 0 radical (unpaired) electrons. The van der Waals surface area contributed by atoms with Crippen LogP contribution in [0.5, 0.6) is 11.5 Å². The molecule has 0 unspecified atom stereocenters. The summed E-state index contributed by atoms with van der Waals surface area (Å²) in [7, 11) is 0. The number of carboxylic acids is 1. The fourth-order valence-corrected chi connectivity index (χ4v) is 2.90. The summed E-state index contributed by atoms with van der Waals surface area (Å²) in [6.07, 6.45) is 4.48. The molecule has 0 spiro atoms. The van der Waals surface area contributed by atoms with Crippen LogP contribution in [0.1, 0.15) is 42.5 Å². The molecular formula is C16H18NO5-. The first kappa shape index (κ1) is 14.7. The lowest BCUT2D eigenvalue weighted by molar-refractivity contribution is -0.254. The Bertz CT molecular complexity index is 592. The molecule has 1 aromatic carbocycles. The first-order chi connectivity index (χ1) is 10.6. The second-order valence-corrected chi connectivity index (χ2v) is 5.65. The summed E-state index contributed by atoms with van der Waals surface area (Å²) in [6.45, 7) is 0.959. The van der Waals surface area contributed by atoms with Crippen molar-refractivity contribution in [1.29, 1.82) is 0 Å². The van der Waals surface area contributed by atoms with Crippen molar-refractivity contribution in [1.82, 2.24) is 0 Å². The van der Waals surface area contributed by atoms with Crippen LogP contribution in [-0.2, 0) is 4.79 Å². The molecular weight excluding hydrogens is 286 g/mol. The molecule has 0 aromatic heterocycles. The van der Waals surface area contributed by atoms with Gasteiger partial charge in [0.15, 0.2) is 11.5 Å². The number of carbonyl (C=O) groups excluding carboxylic acids is 2. The van der Waals surface area contributed by atoms with Gasteiger partial charge in [-0.2, -0.15) is 0 Å². The van der Waals surface area contributed by atoms with Gasteiger partial charge in [0.2, 0.25) is 5.91 Å². The minimum absolute atomic E-state index is 0.0504. The third-order valence-corrected chi connectivity index (χ3v) is 4.09. The molecule has 0 saturated heterocycles. The molecule has 0 bridgehead atoms. The van der Waals surface area contributed by atoms with Gasteiger partial charge in [-0.3, -0.25) is 4.79 Å². The van der Waals surface area contributed by atoms with Gasteiger partial charge in [-0.05, 0) is 18.9 Å². The molecule has 3 rings (SSSR count). The molecule has 1 N–H and O–H groups in total. The fourth-order valence-electron chi connectivity index (χ4n) is 2.90. The van der Waals surface area contributed by atoms with Crippen LogP contribution in [0, 0.1) is 5.92 Å². The van der Waals surface area contributed by atoms with Gasteiger partial charge in [-0.15, -0.1) is 0 Å². The Morgan fingerprint density at radius 3 is 2.32 bits per heavy atom. The number of benzene rings is 1. The first-order valence-electron chi connectivity index (χ1n) is 7.61. The monoisotopic (exact) mass is 304 g/mol. The summed E-state index contributed by atoms with van der Waals surface area (Å²) >= 11 is 0. The smallest absolute Gasteiger partial charge is 0.227 e. The van der Waals surface area contributed by atoms with Gasteiger partial charge < -0.3 is 24.7 Å². The van der Waals surface area contributed by atoms with Crippen molar-refractivity contribution in [2.75, 3.05) is 18.5 Å². The molecule has 1 fully saturated rings. The van der Waals surface area contributed by atoms with E-state index in [0.29, 0.717) is 24.7 Å². The number of ether oxygens (including phenoxy) is 2. The molecule has 0 atom stereocenters. The van der Waals surface area contributed by atoms with E-state index in [0.717, 1.165) is 32.1 Å². The highest BCUT2D eigenvalue weighted by Gasteiger charge is 2.24. The predicted octanol–water partition coefficient (Wildman–Crippen LogP) is 1.34. The Balaban J connectivity index is 1.89. The lowest BCUT2D eigenvalue weighted by Gasteiger charge is -2.17. The Morgan fingerprint density at radius 2 is 1.68 bits per heavy atom. The van der Waals surface area contributed by atoms with Gasteiger partial charge in [0, 0.05) is 24.0 Å². The number of anilines is 1. The molecule has 6 heteroatoms. The van der Waals surface area contributed by atoms with Crippen LogP contribution in [-0.4, -0.2) is 25.1 Å². The van der Waals surface area contributed by atoms with E-state index in [1.165, 1.54) is 12.1 Å². The third-order valence-electron chi connectivity index (χ3n) is 4.09. The molecule has 1 heterocycles. The average Bonchev–Trinajstić information content (AvgIpc) is 2.93. The van der Waals surface area contributed by atoms with Crippen LogP contribution in [0.15, 0.2) is 12.1 Å². The number of nitrogens with one attached hydrogen (secondary N) is 1. The maximum atomic E-state index is 12.2. The number of amides is 1. The van der Waals surface area contributed by atoms with Gasteiger partial charge in [-0.1, -0.05) is 12.8 Å². The molecule has 2 aliphatic rings. The standard InChI is InChI=1S/C16H19NO5/c18-15(10-4-1-2-5-10)17-12-9-14-13(8-11(12)16(19)20)21-6-3-7-22-14/h8-10H,1-7H2,(H,17,18)(H,19,20)/p-1.